The summed E-state index contributed by atoms with van der Waals surface area (Å²) in [5.74, 6) is -1.43. The molecule has 0 aliphatic heterocycles. The number of rotatable bonds is 6. The maximum absolute atomic E-state index is 14.1. The van der Waals surface area contributed by atoms with Crippen molar-refractivity contribution in [3.63, 3.8) is 0 Å². The molecule has 4 rings (SSSR count). The molecule has 0 unspecified atom stereocenters. The van der Waals surface area contributed by atoms with Crippen molar-refractivity contribution in [1.29, 1.82) is 0 Å². The van der Waals surface area contributed by atoms with Crippen LogP contribution in [0.1, 0.15) is 5.56 Å². The number of halogens is 1. The van der Waals surface area contributed by atoms with E-state index in [2.05, 4.69) is 16.6 Å². The summed E-state index contributed by atoms with van der Waals surface area (Å²) in [7, 11) is -3.89. The Morgan fingerprint density at radius 3 is 2.12 bits per heavy atom. The summed E-state index contributed by atoms with van der Waals surface area (Å²) in [5, 5.41) is 8.04. The van der Waals surface area contributed by atoms with Crippen LogP contribution in [0.5, 0.6) is 0 Å². The van der Waals surface area contributed by atoms with E-state index in [-0.39, 0.29) is 5.69 Å². The van der Waals surface area contributed by atoms with Crippen LogP contribution in [0.25, 0.3) is 21.5 Å². The minimum Gasteiger partial charge on any atom is -0.271 e. The number of hydrogen-bond acceptors (Lipinski definition) is 4. The van der Waals surface area contributed by atoms with Gasteiger partial charge < -0.3 is 0 Å². The zero-order valence-electron chi connectivity index (χ0n) is 17.2. The molecule has 0 aliphatic rings. The van der Waals surface area contributed by atoms with Crippen molar-refractivity contribution in [2.75, 3.05) is 17.1 Å². The molecule has 0 saturated heterocycles. The SMILES string of the molecule is CS(=O)(=O)N(CC(=O)NN=Cc1c2ccccc2cc2ccccc12)c1ccccc1F. The second-order valence-electron chi connectivity index (χ2n) is 7.25. The summed E-state index contributed by atoms with van der Waals surface area (Å²) in [6, 6.07) is 23.1. The molecule has 0 saturated carbocycles. The standard InChI is InChI=1S/C24H20FN3O3S/c1-32(30,31)28(23-13-7-6-12-22(23)25)16-24(29)27-26-15-21-19-10-4-2-8-17(19)14-18-9-3-5-11-20(18)21/h2-15H,16H2,1H3,(H,27,29). The third-order valence-electron chi connectivity index (χ3n) is 5.00. The van der Waals surface area contributed by atoms with Crippen molar-refractivity contribution in [2.24, 2.45) is 5.10 Å². The molecule has 162 valence electrons. The first-order valence-corrected chi connectivity index (χ1v) is 11.6. The van der Waals surface area contributed by atoms with Gasteiger partial charge in [0.25, 0.3) is 5.91 Å². The fraction of sp³-hybridized carbons (Fsp3) is 0.0833. The molecule has 1 N–H and O–H groups in total. The second-order valence-corrected chi connectivity index (χ2v) is 9.15. The van der Waals surface area contributed by atoms with Gasteiger partial charge in [0, 0.05) is 5.56 Å². The third-order valence-corrected chi connectivity index (χ3v) is 6.13. The summed E-state index contributed by atoms with van der Waals surface area (Å²) < 4.78 is 39.1. The molecule has 0 bridgehead atoms. The summed E-state index contributed by atoms with van der Waals surface area (Å²) >= 11 is 0. The van der Waals surface area contributed by atoms with Gasteiger partial charge in [-0.15, -0.1) is 0 Å². The maximum atomic E-state index is 14.1. The lowest BCUT2D eigenvalue weighted by atomic mass is 9.97. The molecule has 0 atom stereocenters. The first kappa shape index (κ1) is 21.5. The number of amides is 1. The molecule has 0 fully saturated rings. The van der Waals surface area contributed by atoms with Gasteiger partial charge in [-0.05, 0) is 39.7 Å². The predicted molar refractivity (Wildman–Crippen MR) is 126 cm³/mol. The van der Waals surface area contributed by atoms with E-state index < -0.39 is 28.3 Å². The molecule has 0 radical (unpaired) electrons. The molecular formula is C24H20FN3O3S. The number of hydrogen-bond donors (Lipinski definition) is 1. The molecular weight excluding hydrogens is 429 g/mol. The van der Waals surface area contributed by atoms with Crippen molar-refractivity contribution in [2.45, 2.75) is 0 Å². The lowest BCUT2D eigenvalue weighted by molar-refractivity contribution is -0.119. The zero-order valence-corrected chi connectivity index (χ0v) is 18.0. The van der Waals surface area contributed by atoms with Crippen molar-refractivity contribution in [1.82, 2.24) is 5.43 Å². The van der Waals surface area contributed by atoms with Gasteiger partial charge in [0.2, 0.25) is 10.0 Å². The predicted octanol–water partition coefficient (Wildman–Crippen LogP) is 4.05. The number of carbonyl (C=O) groups is 1. The van der Waals surface area contributed by atoms with Gasteiger partial charge in [-0.2, -0.15) is 5.10 Å². The average molecular weight is 450 g/mol. The highest BCUT2D eigenvalue weighted by Gasteiger charge is 2.23. The molecule has 0 heterocycles. The molecule has 1 amide bonds. The van der Waals surface area contributed by atoms with Gasteiger partial charge in [0.15, 0.2) is 0 Å². The van der Waals surface area contributed by atoms with E-state index in [1.807, 2.05) is 48.5 Å². The molecule has 8 heteroatoms. The van der Waals surface area contributed by atoms with Gasteiger partial charge in [-0.25, -0.2) is 18.2 Å². The van der Waals surface area contributed by atoms with Gasteiger partial charge in [-0.3, -0.25) is 9.10 Å². The molecule has 0 aromatic heterocycles. The van der Waals surface area contributed by atoms with Crippen LogP contribution in [0, 0.1) is 5.82 Å². The van der Waals surface area contributed by atoms with Gasteiger partial charge >= 0.3 is 0 Å². The minimum absolute atomic E-state index is 0.200. The highest BCUT2D eigenvalue weighted by molar-refractivity contribution is 7.92. The van der Waals surface area contributed by atoms with E-state index >= 15 is 0 Å². The molecule has 6 nitrogen and oxygen atoms in total. The molecule has 32 heavy (non-hydrogen) atoms. The normalized spacial score (nSPS) is 11.8. The van der Waals surface area contributed by atoms with Crippen LogP contribution >= 0.6 is 0 Å². The first-order valence-electron chi connectivity index (χ1n) is 9.79. The van der Waals surface area contributed by atoms with Crippen LogP contribution in [-0.4, -0.2) is 33.3 Å². The Kier molecular flexibility index (Phi) is 5.87. The van der Waals surface area contributed by atoms with Gasteiger partial charge in [0.1, 0.15) is 12.4 Å². The summed E-state index contributed by atoms with van der Waals surface area (Å²) in [6.45, 7) is -0.604. The smallest absolute Gasteiger partial charge is 0.260 e. The zero-order chi connectivity index (χ0) is 22.7. The average Bonchev–Trinajstić information content (AvgIpc) is 2.77. The third kappa shape index (κ3) is 4.45. The van der Waals surface area contributed by atoms with Crippen LogP contribution < -0.4 is 9.73 Å². The van der Waals surface area contributed by atoms with Crippen molar-refractivity contribution >= 4 is 49.4 Å². The van der Waals surface area contributed by atoms with E-state index in [1.165, 1.54) is 24.4 Å². The van der Waals surface area contributed by atoms with E-state index in [0.29, 0.717) is 4.31 Å². The fourth-order valence-electron chi connectivity index (χ4n) is 3.56. The lowest BCUT2D eigenvalue weighted by Crippen LogP contribution is -2.39. The molecule has 0 aliphatic carbocycles. The minimum atomic E-state index is -3.89. The van der Waals surface area contributed by atoms with E-state index in [4.69, 9.17) is 0 Å². The van der Waals surface area contributed by atoms with Crippen molar-refractivity contribution < 1.29 is 17.6 Å². The van der Waals surface area contributed by atoms with E-state index in [9.17, 15) is 17.6 Å². The van der Waals surface area contributed by atoms with Gasteiger partial charge in [-0.1, -0.05) is 60.7 Å². The van der Waals surface area contributed by atoms with Crippen LogP contribution in [0.3, 0.4) is 0 Å². The number of nitrogens with zero attached hydrogens (tertiary/aromatic N) is 2. The lowest BCUT2D eigenvalue weighted by Gasteiger charge is -2.21. The quantitative estimate of drug-likeness (QED) is 0.274. The number of sulfonamides is 1. The fourth-order valence-corrected chi connectivity index (χ4v) is 4.41. The number of hydrazone groups is 1. The van der Waals surface area contributed by atoms with E-state index in [0.717, 1.165) is 39.4 Å². The summed E-state index contributed by atoms with van der Waals surface area (Å²) in [6.07, 6.45) is 2.45. The van der Waals surface area contributed by atoms with Crippen molar-refractivity contribution in [3.8, 4) is 0 Å². The largest absolute Gasteiger partial charge is 0.271 e. The van der Waals surface area contributed by atoms with Crippen molar-refractivity contribution in [3.05, 3.63) is 90.2 Å². The number of nitrogens with one attached hydrogen (secondary N) is 1. The first-order chi connectivity index (χ1) is 15.3. The monoisotopic (exact) mass is 449 g/mol. The summed E-state index contributed by atoms with van der Waals surface area (Å²) in [4.78, 5) is 12.4. The number of para-hydroxylation sites is 1. The Morgan fingerprint density at radius 1 is 0.969 bits per heavy atom. The van der Waals surface area contributed by atoms with Crippen LogP contribution in [0.4, 0.5) is 10.1 Å². The Morgan fingerprint density at radius 2 is 1.53 bits per heavy atom. The summed E-state index contributed by atoms with van der Waals surface area (Å²) in [5.41, 5.74) is 2.98. The van der Waals surface area contributed by atoms with Crippen LogP contribution in [0.15, 0.2) is 84.0 Å². The molecule has 4 aromatic rings. The number of anilines is 1. The maximum Gasteiger partial charge on any atom is 0.260 e. The Balaban J connectivity index is 1.61. The van der Waals surface area contributed by atoms with Crippen LogP contribution in [0.2, 0.25) is 0 Å². The highest BCUT2D eigenvalue weighted by atomic mass is 32.2. The number of fused-ring (bicyclic) bond motifs is 2. The Hall–Kier alpha value is -3.78. The highest BCUT2D eigenvalue weighted by Crippen LogP contribution is 2.27. The topological polar surface area (TPSA) is 78.8 Å². The second kappa shape index (κ2) is 8.76. The molecule has 0 spiro atoms. The number of carbonyl (C=O) groups excluding carboxylic acids is 1. The Bertz CT molecular complexity index is 1400. The van der Waals surface area contributed by atoms with Gasteiger partial charge in [0.05, 0.1) is 18.2 Å². The van der Waals surface area contributed by atoms with E-state index in [1.54, 1.807) is 0 Å². The molecule has 4 aromatic carbocycles. The Labute approximate surface area is 185 Å². The number of benzene rings is 4. The van der Waals surface area contributed by atoms with Crippen LogP contribution in [-0.2, 0) is 14.8 Å².